The van der Waals surface area contributed by atoms with Crippen LogP contribution in [0.15, 0.2) is 40.9 Å². The molecule has 2 aromatic rings. The Hall–Kier alpha value is -1.88. The molecule has 0 saturated heterocycles. The van der Waals surface area contributed by atoms with Crippen molar-refractivity contribution in [1.82, 2.24) is 5.32 Å². The molecule has 0 aliphatic heterocycles. The Kier molecular flexibility index (Phi) is 5.55. The van der Waals surface area contributed by atoms with Gasteiger partial charge in [0.25, 0.3) is 5.91 Å². The highest BCUT2D eigenvalue weighted by Gasteiger charge is 2.22. The van der Waals surface area contributed by atoms with E-state index in [0.717, 1.165) is 21.7 Å². The predicted molar refractivity (Wildman–Crippen MR) is 89.8 cm³/mol. The molecule has 116 valence electrons. The van der Waals surface area contributed by atoms with Crippen LogP contribution in [0.4, 0.5) is 0 Å². The van der Waals surface area contributed by atoms with Crippen LogP contribution in [0.2, 0.25) is 0 Å². The van der Waals surface area contributed by atoms with E-state index in [1.54, 1.807) is 6.07 Å². The van der Waals surface area contributed by atoms with Gasteiger partial charge in [0.05, 0.1) is 7.11 Å². The summed E-state index contributed by atoms with van der Waals surface area (Å²) in [6, 6.07) is 10.6. The molecule has 1 amide bonds. The molecule has 4 nitrogen and oxygen atoms in total. The molecule has 0 spiro atoms. The number of carbonyl (C=O) groups excluding carboxylic acids is 2. The fraction of sp³-hybridized carbons (Fsp3) is 0.294. The van der Waals surface area contributed by atoms with E-state index in [4.69, 9.17) is 4.74 Å². The number of benzene rings is 2. The highest BCUT2D eigenvalue weighted by atomic mass is 79.9. The number of esters is 1. The van der Waals surface area contributed by atoms with Crippen molar-refractivity contribution in [3.8, 4) is 0 Å². The molecule has 1 atom stereocenters. The average Bonchev–Trinajstić information content (AvgIpc) is 2.54. The van der Waals surface area contributed by atoms with Crippen LogP contribution in [0.25, 0.3) is 10.8 Å². The third-order valence-corrected chi connectivity index (χ3v) is 4.18. The SMILES string of the molecule is CCCC(NC(=O)c1ccc(Br)c2ccccc12)C(=O)OC. The van der Waals surface area contributed by atoms with Gasteiger partial charge in [0.2, 0.25) is 0 Å². The van der Waals surface area contributed by atoms with E-state index in [1.807, 2.05) is 37.3 Å². The van der Waals surface area contributed by atoms with Crippen LogP contribution in [-0.4, -0.2) is 25.0 Å². The van der Waals surface area contributed by atoms with Crippen LogP contribution in [0.5, 0.6) is 0 Å². The van der Waals surface area contributed by atoms with Gasteiger partial charge < -0.3 is 10.1 Å². The molecule has 0 bridgehead atoms. The number of amides is 1. The molecule has 0 radical (unpaired) electrons. The largest absolute Gasteiger partial charge is 0.467 e. The van der Waals surface area contributed by atoms with Gasteiger partial charge >= 0.3 is 5.97 Å². The van der Waals surface area contributed by atoms with Crippen LogP contribution in [0.3, 0.4) is 0 Å². The first kappa shape index (κ1) is 16.5. The van der Waals surface area contributed by atoms with E-state index in [-0.39, 0.29) is 5.91 Å². The zero-order valence-electron chi connectivity index (χ0n) is 12.6. The Morgan fingerprint density at radius 3 is 2.50 bits per heavy atom. The van der Waals surface area contributed by atoms with Crippen LogP contribution in [-0.2, 0) is 9.53 Å². The fourth-order valence-corrected chi connectivity index (χ4v) is 2.85. The second-order valence-corrected chi connectivity index (χ2v) is 5.83. The number of hydrogen-bond donors (Lipinski definition) is 1. The number of fused-ring (bicyclic) bond motifs is 1. The van der Waals surface area contributed by atoms with Gasteiger partial charge in [0, 0.05) is 10.0 Å². The van der Waals surface area contributed by atoms with E-state index in [1.165, 1.54) is 7.11 Å². The predicted octanol–water partition coefficient (Wildman–Crippen LogP) is 3.67. The van der Waals surface area contributed by atoms with Gasteiger partial charge in [-0.25, -0.2) is 4.79 Å². The van der Waals surface area contributed by atoms with Crippen molar-refractivity contribution in [3.05, 3.63) is 46.4 Å². The lowest BCUT2D eigenvalue weighted by Crippen LogP contribution is -2.41. The number of carbonyl (C=O) groups is 2. The van der Waals surface area contributed by atoms with Crippen LogP contribution >= 0.6 is 15.9 Å². The first-order valence-electron chi connectivity index (χ1n) is 7.14. The summed E-state index contributed by atoms with van der Waals surface area (Å²) < 4.78 is 5.68. The van der Waals surface area contributed by atoms with E-state index >= 15 is 0 Å². The average molecular weight is 364 g/mol. The summed E-state index contributed by atoms with van der Waals surface area (Å²) in [5.74, 6) is -0.691. The van der Waals surface area contributed by atoms with Crippen molar-refractivity contribution in [2.75, 3.05) is 7.11 Å². The summed E-state index contributed by atoms with van der Waals surface area (Å²) in [6.45, 7) is 1.96. The van der Waals surface area contributed by atoms with E-state index < -0.39 is 12.0 Å². The zero-order chi connectivity index (χ0) is 16.1. The summed E-state index contributed by atoms with van der Waals surface area (Å²) in [5, 5.41) is 4.57. The van der Waals surface area contributed by atoms with Gasteiger partial charge in [0.15, 0.2) is 0 Å². The van der Waals surface area contributed by atoms with Crippen LogP contribution in [0.1, 0.15) is 30.1 Å². The number of hydrogen-bond acceptors (Lipinski definition) is 3. The summed E-state index contributed by atoms with van der Waals surface area (Å²) >= 11 is 3.48. The molecule has 0 saturated carbocycles. The highest BCUT2D eigenvalue weighted by Crippen LogP contribution is 2.26. The highest BCUT2D eigenvalue weighted by molar-refractivity contribution is 9.10. The first-order chi connectivity index (χ1) is 10.6. The molecule has 2 aromatic carbocycles. The molecule has 0 aromatic heterocycles. The third-order valence-electron chi connectivity index (χ3n) is 3.48. The molecule has 0 heterocycles. The van der Waals surface area contributed by atoms with Crippen molar-refractivity contribution >= 4 is 38.6 Å². The Labute approximate surface area is 138 Å². The molecule has 5 heteroatoms. The standard InChI is InChI=1S/C17H18BrNO3/c1-3-6-15(17(21)22-2)19-16(20)13-9-10-14(18)12-8-5-4-7-11(12)13/h4-5,7-10,15H,3,6H2,1-2H3,(H,19,20). The minimum atomic E-state index is -0.620. The lowest BCUT2D eigenvalue weighted by Gasteiger charge is -2.16. The third kappa shape index (κ3) is 3.47. The lowest BCUT2D eigenvalue weighted by molar-refractivity contribution is -0.143. The topological polar surface area (TPSA) is 55.4 Å². The Bertz CT molecular complexity index is 699. The van der Waals surface area contributed by atoms with Crippen molar-refractivity contribution < 1.29 is 14.3 Å². The molecule has 1 N–H and O–H groups in total. The summed E-state index contributed by atoms with van der Waals surface area (Å²) in [7, 11) is 1.33. The minimum absolute atomic E-state index is 0.271. The van der Waals surface area contributed by atoms with Gasteiger partial charge in [-0.3, -0.25) is 4.79 Å². The summed E-state index contributed by atoms with van der Waals surface area (Å²) in [5.41, 5.74) is 0.545. The molecule has 2 rings (SSSR count). The molecular formula is C17H18BrNO3. The Balaban J connectivity index is 2.33. The maximum Gasteiger partial charge on any atom is 0.328 e. The van der Waals surface area contributed by atoms with Crippen LogP contribution < -0.4 is 5.32 Å². The number of nitrogens with one attached hydrogen (secondary N) is 1. The number of halogens is 1. The van der Waals surface area contributed by atoms with Gasteiger partial charge in [-0.15, -0.1) is 0 Å². The number of methoxy groups -OCH3 is 1. The number of rotatable bonds is 5. The quantitative estimate of drug-likeness (QED) is 0.824. The molecule has 0 aliphatic carbocycles. The monoisotopic (exact) mass is 363 g/mol. The molecule has 0 aliphatic rings. The van der Waals surface area contributed by atoms with Gasteiger partial charge in [-0.1, -0.05) is 53.5 Å². The Morgan fingerprint density at radius 1 is 1.18 bits per heavy atom. The van der Waals surface area contributed by atoms with Gasteiger partial charge in [0.1, 0.15) is 6.04 Å². The molecular weight excluding hydrogens is 346 g/mol. The molecule has 22 heavy (non-hydrogen) atoms. The van der Waals surface area contributed by atoms with E-state index in [9.17, 15) is 9.59 Å². The first-order valence-corrected chi connectivity index (χ1v) is 7.93. The van der Waals surface area contributed by atoms with Crippen molar-refractivity contribution in [3.63, 3.8) is 0 Å². The van der Waals surface area contributed by atoms with Gasteiger partial charge in [-0.2, -0.15) is 0 Å². The normalized spacial score (nSPS) is 12.0. The smallest absolute Gasteiger partial charge is 0.328 e. The maximum absolute atomic E-state index is 12.5. The van der Waals surface area contributed by atoms with Crippen molar-refractivity contribution in [1.29, 1.82) is 0 Å². The number of ether oxygens (including phenoxy) is 1. The molecule has 0 fully saturated rings. The summed E-state index contributed by atoms with van der Waals surface area (Å²) in [4.78, 5) is 24.3. The second kappa shape index (κ2) is 7.40. The van der Waals surface area contributed by atoms with E-state index in [2.05, 4.69) is 21.2 Å². The van der Waals surface area contributed by atoms with E-state index in [0.29, 0.717) is 12.0 Å². The maximum atomic E-state index is 12.5. The van der Waals surface area contributed by atoms with Gasteiger partial charge in [-0.05, 0) is 29.3 Å². The summed E-state index contributed by atoms with van der Waals surface area (Å²) in [6.07, 6.45) is 1.33. The fourth-order valence-electron chi connectivity index (χ4n) is 2.38. The molecule has 1 unspecified atom stereocenters. The van der Waals surface area contributed by atoms with Crippen molar-refractivity contribution in [2.24, 2.45) is 0 Å². The minimum Gasteiger partial charge on any atom is -0.467 e. The van der Waals surface area contributed by atoms with Crippen LogP contribution in [0, 0.1) is 0 Å². The second-order valence-electron chi connectivity index (χ2n) is 4.98. The lowest BCUT2D eigenvalue weighted by atomic mass is 10.0. The van der Waals surface area contributed by atoms with Crippen molar-refractivity contribution in [2.45, 2.75) is 25.8 Å². The Morgan fingerprint density at radius 2 is 1.86 bits per heavy atom. The zero-order valence-corrected chi connectivity index (χ0v) is 14.1.